The van der Waals surface area contributed by atoms with E-state index in [0.29, 0.717) is 18.4 Å². The molecule has 1 amide bonds. The van der Waals surface area contributed by atoms with E-state index in [1.54, 1.807) is 20.8 Å². The van der Waals surface area contributed by atoms with Crippen molar-refractivity contribution in [1.82, 2.24) is 5.32 Å². The van der Waals surface area contributed by atoms with Crippen LogP contribution in [-0.2, 0) is 11.2 Å². The predicted octanol–water partition coefficient (Wildman–Crippen LogP) is 1.61. The zero-order valence-electron chi connectivity index (χ0n) is 12.6. The Bertz CT molecular complexity index is 820. The molecule has 2 aromatic rings. The molecule has 0 spiro atoms. The topological polar surface area (TPSA) is 96.6 Å². The second kappa shape index (κ2) is 6.01. The number of amides is 1. The number of carbonyl (C=O) groups excluding carboxylic acids is 2. The summed E-state index contributed by atoms with van der Waals surface area (Å²) in [7, 11) is 0. The lowest BCUT2D eigenvalue weighted by molar-refractivity contribution is -0.120. The van der Waals surface area contributed by atoms with Crippen LogP contribution in [0.15, 0.2) is 15.3 Å². The number of phenolic OH excluding ortho intramolecular Hbond substituents is 1. The first kappa shape index (κ1) is 15.8. The van der Waals surface area contributed by atoms with Crippen molar-refractivity contribution in [3.8, 4) is 5.75 Å². The Morgan fingerprint density at radius 1 is 1.41 bits per heavy atom. The normalized spacial score (nSPS) is 10.7. The molecule has 2 rings (SSSR count). The molecule has 0 saturated carbocycles. The highest BCUT2D eigenvalue weighted by atomic mass is 16.3. The first-order chi connectivity index (χ1) is 10.4. The maximum Gasteiger partial charge on any atom is 0.224 e. The summed E-state index contributed by atoms with van der Waals surface area (Å²) < 4.78 is 5.54. The zero-order chi connectivity index (χ0) is 16.4. The molecule has 2 N–H and O–H groups in total. The lowest BCUT2D eigenvalue weighted by atomic mass is 10.0. The first-order valence-corrected chi connectivity index (χ1v) is 6.91. The Labute approximate surface area is 126 Å². The maximum atomic E-state index is 12.6. The van der Waals surface area contributed by atoms with Gasteiger partial charge in [-0.2, -0.15) is 0 Å². The molecule has 0 aliphatic rings. The largest absolute Gasteiger partial charge is 0.507 e. The van der Waals surface area contributed by atoms with Gasteiger partial charge in [-0.05, 0) is 32.4 Å². The standard InChI is InChI=1S/C16H17NO5/c1-4-17-13(19)6-10-9(3)22-16-11(15(10)21)5-8(2)14(20)12(16)7-18/h5,7,20H,4,6H2,1-3H3,(H,17,19). The van der Waals surface area contributed by atoms with Crippen LogP contribution in [0.3, 0.4) is 0 Å². The van der Waals surface area contributed by atoms with Gasteiger partial charge >= 0.3 is 0 Å². The number of rotatable bonds is 4. The van der Waals surface area contributed by atoms with Crippen LogP contribution in [0.2, 0.25) is 0 Å². The second-order valence-corrected chi connectivity index (χ2v) is 5.05. The molecule has 116 valence electrons. The number of nitrogens with one attached hydrogen (secondary N) is 1. The predicted molar refractivity (Wildman–Crippen MR) is 81.4 cm³/mol. The molecule has 1 heterocycles. The summed E-state index contributed by atoms with van der Waals surface area (Å²) in [6.07, 6.45) is 0.366. The van der Waals surface area contributed by atoms with E-state index in [1.807, 2.05) is 0 Å². The van der Waals surface area contributed by atoms with Gasteiger partial charge < -0.3 is 14.8 Å². The van der Waals surface area contributed by atoms with Gasteiger partial charge in [-0.3, -0.25) is 14.4 Å². The smallest absolute Gasteiger partial charge is 0.224 e. The van der Waals surface area contributed by atoms with E-state index in [0.717, 1.165) is 0 Å². The van der Waals surface area contributed by atoms with Crippen molar-refractivity contribution in [3.05, 3.63) is 38.7 Å². The average molecular weight is 303 g/mol. The number of hydrogen-bond donors (Lipinski definition) is 2. The average Bonchev–Trinajstić information content (AvgIpc) is 2.47. The summed E-state index contributed by atoms with van der Waals surface area (Å²) in [6.45, 7) is 5.40. The van der Waals surface area contributed by atoms with Gasteiger partial charge in [0, 0.05) is 12.1 Å². The molecule has 0 atom stereocenters. The number of likely N-dealkylation sites (N-methyl/N-ethyl adjacent to an activating group) is 1. The highest BCUT2D eigenvalue weighted by Gasteiger charge is 2.19. The number of fused-ring (bicyclic) bond motifs is 1. The van der Waals surface area contributed by atoms with Crippen LogP contribution in [0.25, 0.3) is 11.0 Å². The molecule has 6 nitrogen and oxygen atoms in total. The van der Waals surface area contributed by atoms with Crippen molar-refractivity contribution in [3.63, 3.8) is 0 Å². The molecule has 22 heavy (non-hydrogen) atoms. The Hall–Kier alpha value is -2.63. The zero-order valence-corrected chi connectivity index (χ0v) is 12.6. The van der Waals surface area contributed by atoms with Crippen LogP contribution in [0, 0.1) is 13.8 Å². The SMILES string of the molecule is CCNC(=O)Cc1c(C)oc2c(C=O)c(O)c(C)cc2c1=O. The van der Waals surface area contributed by atoms with Gasteiger partial charge in [-0.1, -0.05) is 0 Å². The number of aryl methyl sites for hydroxylation is 2. The fourth-order valence-electron chi connectivity index (χ4n) is 2.37. The number of benzene rings is 1. The Morgan fingerprint density at radius 2 is 2.09 bits per heavy atom. The minimum atomic E-state index is -0.365. The molecule has 0 aliphatic heterocycles. The van der Waals surface area contributed by atoms with Crippen molar-refractivity contribution < 1.29 is 19.1 Å². The van der Waals surface area contributed by atoms with E-state index in [-0.39, 0.29) is 51.4 Å². The number of hydrogen-bond acceptors (Lipinski definition) is 5. The molecular weight excluding hydrogens is 286 g/mol. The third-order valence-corrected chi connectivity index (χ3v) is 3.51. The van der Waals surface area contributed by atoms with Gasteiger partial charge in [0.2, 0.25) is 5.91 Å². The fraction of sp³-hybridized carbons (Fsp3) is 0.312. The Balaban J connectivity index is 2.73. The lowest BCUT2D eigenvalue weighted by Gasteiger charge is -2.10. The second-order valence-electron chi connectivity index (χ2n) is 5.05. The van der Waals surface area contributed by atoms with Gasteiger partial charge in [0.25, 0.3) is 0 Å². The third-order valence-electron chi connectivity index (χ3n) is 3.51. The Kier molecular flexibility index (Phi) is 4.30. The third kappa shape index (κ3) is 2.59. The highest BCUT2D eigenvalue weighted by molar-refractivity contribution is 5.98. The highest BCUT2D eigenvalue weighted by Crippen LogP contribution is 2.29. The number of aldehydes is 1. The molecule has 1 aromatic carbocycles. The van der Waals surface area contributed by atoms with E-state index in [1.165, 1.54) is 6.07 Å². The van der Waals surface area contributed by atoms with E-state index in [4.69, 9.17) is 4.42 Å². The van der Waals surface area contributed by atoms with Crippen LogP contribution in [0.4, 0.5) is 0 Å². The van der Waals surface area contributed by atoms with Gasteiger partial charge in [0.1, 0.15) is 11.5 Å². The summed E-state index contributed by atoms with van der Waals surface area (Å²) in [5.74, 6) is -0.222. The summed E-state index contributed by atoms with van der Waals surface area (Å²) in [5.41, 5.74) is 0.270. The van der Waals surface area contributed by atoms with Crippen molar-refractivity contribution in [2.24, 2.45) is 0 Å². The van der Waals surface area contributed by atoms with Crippen LogP contribution in [0.5, 0.6) is 5.75 Å². The summed E-state index contributed by atoms with van der Waals surface area (Å²) in [6, 6.07) is 1.46. The van der Waals surface area contributed by atoms with E-state index >= 15 is 0 Å². The molecule has 6 heteroatoms. The van der Waals surface area contributed by atoms with Gasteiger partial charge in [0.05, 0.1) is 17.4 Å². The number of carbonyl (C=O) groups is 2. The summed E-state index contributed by atoms with van der Waals surface area (Å²) >= 11 is 0. The Morgan fingerprint density at radius 3 is 2.68 bits per heavy atom. The van der Waals surface area contributed by atoms with Crippen LogP contribution < -0.4 is 10.7 Å². The summed E-state index contributed by atoms with van der Waals surface area (Å²) in [4.78, 5) is 35.5. The van der Waals surface area contributed by atoms with Crippen molar-refractivity contribution in [2.45, 2.75) is 27.2 Å². The fourth-order valence-corrected chi connectivity index (χ4v) is 2.37. The summed E-state index contributed by atoms with van der Waals surface area (Å²) in [5, 5.41) is 12.7. The van der Waals surface area contributed by atoms with Crippen molar-refractivity contribution in [2.75, 3.05) is 6.54 Å². The van der Waals surface area contributed by atoms with E-state index in [9.17, 15) is 19.5 Å². The molecule has 0 unspecified atom stereocenters. The monoisotopic (exact) mass is 303 g/mol. The van der Waals surface area contributed by atoms with Gasteiger partial charge in [-0.25, -0.2) is 0 Å². The minimum absolute atomic E-state index is 0.0419. The van der Waals surface area contributed by atoms with Gasteiger partial charge in [0.15, 0.2) is 17.3 Å². The number of aromatic hydroxyl groups is 1. The molecular formula is C16H17NO5. The van der Waals surface area contributed by atoms with E-state index in [2.05, 4.69) is 5.32 Å². The quantitative estimate of drug-likeness (QED) is 0.836. The van der Waals surface area contributed by atoms with Crippen molar-refractivity contribution in [1.29, 1.82) is 0 Å². The maximum absolute atomic E-state index is 12.6. The van der Waals surface area contributed by atoms with Crippen molar-refractivity contribution >= 4 is 23.2 Å². The molecule has 0 aliphatic carbocycles. The van der Waals surface area contributed by atoms with Crippen LogP contribution in [-0.4, -0.2) is 23.8 Å². The van der Waals surface area contributed by atoms with E-state index < -0.39 is 0 Å². The first-order valence-electron chi connectivity index (χ1n) is 6.91. The van der Waals surface area contributed by atoms with Crippen LogP contribution >= 0.6 is 0 Å². The molecule has 1 aromatic heterocycles. The lowest BCUT2D eigenvalue weighted by Crippen LogP contribution is -2.27. The molecule has 0 radical (unpaired) electrons. The number of phenols is 1. The molecule has 0 bridgehead atoms. The molecule has 0 fully saturated rings. The molecule has 0 saturated heterocycles. The van der Waals surface area contributed by atoms with Crippen LogP contribution in [0.1, 0.15) is 34.2 Å². The van der Waals surface area contributed by atoms with Gasteiger partial charge in [-0.15, -0.1) is 0 Å². The minimum Gasteiger partial charge on any atom is -0.507 e.